The highest BCUT2D eigenvalue weighted by Gasteiger charge is 2.06. The van der Waals surface area contributed by atoms with E-state index in [9.17, 15) is 0 Å². The summed E-state index contributed by atoms with van der Waals surface area (Å²) < 4.78 is 10.5. The topological polar surface area (TPSA) is 42.5 Å². The molecule has 0 radical (unpaired) electrons. The van der Waals surface area contributed by atoms with Crippen LogP contribution in [0.5, 0.6) is 11.5 Å². The molecule has 0 atom stereocenters. The molecule has 2 N–H and O–H groups in total. The van der Waals surface area contributed by atoms with Crippen LogP contribution in [0, 0.1) is 6.92 Å². The Kier molecular flexibility index (Phi) is 5.61. The smallest absolute Gasteiger partial charge is 0.171 e. The van der Waals surface area contributed by atoms with Gasteiger partial charge in [0.1, 0.15) is 11.5 Å². The summed E-state index contributed by atoms with van der Waals surface area (Å²) in [7, 11) is 3.24. The summed E-state index contributed by atoms with van der Waals surface area (Å²) in [5.74, 6) is 1.42. The molecule has 4 nitrogen and oxygen atoms in total. The third-order valence-electron chi connectivity index (χ3n) is 3.19. The maximum absolute atomic E-state index is 5.34. The van der Waals surface area contributed by atoms with E-state index in [1.165, 1.54) is 11.1 Å². The molecule has 0 aliphatic carbocycles. The van der Waals surface area contributed by atoms with Crippen LogP contribution >= 0.6 is 12.2 Å². The van der Waals surface area contributed by atoms with Crippen LogP contribution in [0.4, 0.5) is 5.69 Å². The zero-order chi connectivity index (χ0) is 15.9. The Labute approximate surface area is 136 Å². The van der Waals surface area contributed by atoms with Crippen molar-refractivity contribution in [3.63, 3.8) is 0 Å². The first-order valence-electron chi connectivity index (χ1n) is 6.95. The summed E-state index contributed by atoms with van der Waals surface area (Å²) in [4.78, 5) is 0. The number of benzene rings is 2. The molecule has 2 rings (SSSR count). The molecule has 0 bridgehead atoms. The summed E-state index contributed by atoms with van der Waals surface area (Å²) in [6.45, 7) is 2.74. The van der Waals surface area contributed by atoms with Crippen LogP contribution in [0.3, 0.4) is 0 Å². The van der Waals surface area contributed by atoms with Crippen molar-refractivity contribution in [2.24, 2.45) is 0 Å². The van der Waals surface area contributed by atoms with E-state index >= 15 is 0 Å². The van der Waals surface area contributed by atoms with Crippen molar-refractivity contribution in [1.29, 1.82) is 0 Å². The summed E-state index contributed by atoms with van der Waals surface area (Å²) >= 11 is 5.33. The Balaban J connectivity index is 1.97. The van der Waals surface area contributed by atoms with Gasteiger partial charge in [0.05, 0.1) is 19.9 Å². The summed E-state index contributed by atoms with van der Waals surface area (Å²) in [6, 6.07) is 13.8. The number of methoxy groups -OCH3 is 2. The van der Waals surface area contributed by atoms with E-state index < -0.39 is 0 Å². The lowest BCUT2D eigenvalue weighted by atomic mass is 10.1. The largest absolute Gasteiger partial charge is 0.497 e. The van der Waals surface area contributed by atoms with Crippen molar-refractivity contribution in [3.8, 4) is 11.5 Å². The van der Waals surface area contributed by atoms with Crippen molar-refractivity contribution in [1.82, 2.24) is 5.32 Å². The molecule has 116 valence electrons. The fourth-order valence-corrected chi connectivity index (χ4v) is 2.25. The van der Waals surface area contributed by atoms with Crippen LogP contribution in [-0.2, 0) is 6.54 Å². The van der Waals surface area contributed by atoms with Gasteiger partial charge >= 0.3 is 0 Å². The quantitative estimate of drug-likeness (QED) is 0.827. The molecule has 0 amide bonds. The van der Waals surface area contributed by atoms with E-state index in [2.05, 4.69) is 35.8 Å². The van der Waals surface area contributed by atoms with Gasteiger partial charge in [0.25, 0.3) is 0 Å². The highest BCUT2D eigenvalue weighted by atomic mass is 32.1. The van der Waals surface area contributed by atoms with Crippen LogP contribution in [0.25, 0.3) is 0 Å². The van der Waals surface area contributed by atoms with E-state index in [1.54, 1.807) is 14.2 Å². The standard InChI is InChI=1S/C17H20N2O2S/c1-12-5-4-6-13(9-12)11-18-17(22)19-15-8-7-14(20-2)10-16(15)21-3/h4-10H,11H2,1-3H3,(H2,18,19,22). The Morgan fingerprint density at radius 3 is 2.59 bits per heavy atom. The normalized spacial score (nSPS) is 9.95. The number of nitrogens with one attached hydrogen (secondary N) is 2. The minimum Gasteiger partial charge on any atom is -0.497 e. The molecular weight excluding hydrogens is 296 g/mol. The van der Waals surface area contributed by atoms with Gasteiger partial charge in [-0.15, -0.1) is 0 Å². The lowest BCUT2D eigenvalue weighted by Crippen LogP contribution is -2.28. The average molecular weight is 316 g/mol. The third kappa shape index (κ3) is 4.36. The van der Waals surface area contributed by atoms with Crippen LogP contribution in [0.1, 0.15) is 11.1 Å². The fraction of sp³-hybridized carbons (Fsp3) is 0.235. The maximum atomic E-state index is 5.34. The molecule has 2 aromatic rings. The lowest BCUT2D eigenvalue weighted by Gasteiger charge is -2.14. The van der Waals surface area contributed by atoms with Gasteiger partial charge in [0, 0.05) is 12.6 Å². The van der Waals surface area contributed by atoms with Crippen LogP contribution in [0.2, 0.25) is 0 Å². The summed E-state index contributed by atoms with van der Waals surface area (Å²) in [6.07, 6.45) is 0. The molecule has 0 saturated heterocycles. The summed E-state index contributed by atoms with van der Waals surface area (Å²) in [5.41, 5.74) is 3.21. The monoisotopic (exact) mass is 316 g/mol. The van der Waals surface area contributed by atoms with Gasteiger partial charge in [-0.3, -0.25) is 0 Å². The molecule has 0 spiro atoms. The first-order valence-corrected chi connectivity index (χ1v) is 7.35. The molecule has 0 aromatic heterocycles. The van der Waals surface area contributed by atoms with E-state index in [0.717, 1.165) is 11.4 Å². The van der Waals surface area contributed by atoms with Crippen LogP contribution < -0.4 is 20.1 Å². The predicted octanol–water partition coefficient (Wildman–Crippen LogP) is 3.50. The molecular formula is C17H20N2O2S. The number of ether oxygens (including phenoxy) is 2. The van der Waals surface area contributed by atoms with E-state index in [0.29, 0.717) is 17.4 Å². The third-order valence-corrected chi connectivity index (χ3v) is 3.44. The second kappa shape index (κ2) is 7.66. The molecule has 2 aromatic carbocycles. The zero-order valence-electron chi connectivity index (χ0n) is 13.0. The second-order valence-electron chi connectivity index (χ2n) is 4.86. The van der Waals surface area contributed by atoms with E-state index in [4.69, 9.17) is 21.7 Å². The minimum atomic E-state index is 0.546. The van der Waals surface area contributed by atoms with E-state index in [-0.39, 0.29) is 0 Å². The highest BCUT2D eigenvalue weighted by Crippen LogP contribution is 2.28. The van der Waals surface area contributed by atoms with Gasteiger partial charge in [-0.05, 0) is 36.8 Å². The van der Waals surface area contributed by atoms with Crippen molar-refractivity contribution in [3.05, 3.63) is 53.6 Å². The average Bonchev–Trinajstić information content (AvgIpc) is 2.53. The molecule has 0 aliphatic heterocycles. The molecule has 5 heteroatoms. The summed E-state index contributed by atoms with van der Waals surface area (Å²) in [5, 5.41) is 6.87. The Bertz CT molecular complexity index is 659. The van der Waals surface area contributed by atoms with Crippen molar-refractivity contribution >= 4 is 23.0 Å². The zero-order valence-corrected chi connectivity index (χ0v) is 13.8. The van der Waals surface area contributed by atoms with Gasteiger partial charge in [0.2, 0.25) is 0 Å². The van der Waals surface area contributed by atoms with Crippen molar-refractivity contribution in [2.45, 2.75) is 13.5 Å². The van der Waals surface area contributed by atoms with Gasteiger partial charge in [-0.1, -0.05) is 29.8 Å². The minimum absolute atomic E-state index is 0.546. The van der Waals surface area contributed by atoms with Gasteiger partial charge in [0.15, 0.2) is 5.11 Å². The number of rotatable bonds is 5. The van der Waals surface area contributed by atoms with Crippen molar-refractivity contribution in [2.75, 3.05) is 19.5 Å². The van der Waals surface area contributed by atoms with E-state index in [1.807, 2.05) is 24.3 Å². The Morgan fingerprint density at radius 1 is 1.09 bits per heavy atom. The first-order chi connectivity index (χ1) is 10.6. The molecule has 0 fully saturated rings. The number of aryl methyl sites for hydroxylation is 1. The maximum Gasteiger partial charge on any atom is 0.171 e. The first kappa shape index (κ1) is 16.1. The van der Waals surface area contributed by atoms with Gasteiger partial charge < -0.3 is 20.1 Å². The highest BCUT2D eigenvalue weighted by molar-refractivity contribution is 7.80. The SMILES string of the molecule is COc1ccc(NC(=S)NCc2cccc(C)c2)c(OC)c1. The predicted molar refractivity (Wildman–Crippen MR) is 93.8 cm³/mol. The number of thiocarbonyl (C=S) groups is 1. The molecule has 0 saturated carbocycles. The Morgan fingerprint density at radius 2 is 1.91 bits per heavy atom. The van der Waals surface area contributed by atoms with Crippen LogP contribution in [0.15, 0.2) is 42.5 Å². The molecule has 0 aliphatic rings. The molecule has 22 heavy (non-hydrogen) atoms. The molecule has 0 unspecified atom stereocenters. The Hall–Kier alpha value is -2.27. The fourth-order valence-electron chi connectivity index (χ4n) is 2.07. The lowest BCUT2D eigenvalue weighted by molar-refractivity contribution is 0.395. The molecule has 0 heterocycles. The van der Waals surface area contributed by atoms with Gasteiger partial charge in [-0.2, -0.15) is 0 Å². The number of hydrogen-bond donors (Lipinski definition) is 2. The number of hydrogen-bond acceptors (Lipinski definition) is 3. The van der Waals surface area contributed by atoms with Crippen LogP contribution in [-0.4, -0.2) is 19.3 Å². The van der Waals surface area contributed by atoms with Gasteiger partial charge in [-0.25, -0.2) is 0 Å². The van der Waals surface area contributed by atoms with Crippen molar-refractivity contribution < 1.29 is 9.47 Å². The number of anilines is 1. The second-order valence-corrected chi connectivity index (χ2v) is 5.27.